The number of halogens is 1. The van der Waals surface area contributed by atoms with Crippen molar-refractivity contribution in [1.29, 1.82) is 0 Å². The molecular weight excluding hydrogens is 221 g/mol. The second-order valence-electron chi connectivity index (χ2n) is 5.13. The van der Waals surface area contributed by atoms with E-state index in [1.807, 2.05) is 13.8 Å². The fourth-order valence-electron chi connectivity index (χ4n) is 2.14. The molecule has 0 aromatic carbocycles. The molecule has 0 saturated heterocycles. The van der Waals surface area contributed by atoms with Gasteiger partial charge in [0.25, 0.3) is 0 Å². The summed E-state index contributed by atoms with van der Waals surface area (Å²) in [6.07, 6.45) is 2.89. The van der Waals surface area contributed by atoms with E-state index in [4.69, 9.17) is 0 Å². The minimum absolute atomic E-state index is 0.0599. The van der Waals surface area contributed by atoms with E-state index in [0.717, 1.165) is 12.8 Å². The van der Waals surface area contributed by atoms with E-state index in [0.29, 0.717) is 12.4 Å². The summed E-state index contributed by atoms with van der Waals surface area (Å²) in [6, 6.07) is 1.26. The van der Waals surface area contributed by atoms with E-state index >= 15 is 0 Å². The fourth-order valence-corrected chi connectivity index (χ4v) is 2.14. The lowest BCUT2D eigenvalue weighted by atomic mass is 9.90. The van der Waals surface area contributed by atoms with Crippen LogP contribution in [0, 0.1) is 17.3 Å². The molecule has 0 amide bonds. The first kappa shape index (κ1) is 12.2. The maximum absolute atomic E-state index is 12.8. The summed E-state index contributed by atoms with van der Waals surface area (Å²) in [4.78, 5) is 7.33. The van der Waals surface area contributed by atoms with Gasteiger partial charge in [-0.15, -0.1) is 0 Å². The van der Waals surface area contributed by atoms with Crippen molar-refractivity contribution >= 4 is 5.82 Å². The SMILES string of the molecule is CC(C)[C@@H](O)C1(CNc2cc(F)ncn2)CC1. The summed E-state index contributed by atoms with van der Waals surface area (Å²) in [5.41, 5.74) is -0.0599. The number of rotatable bonds is 5. The van der Waals surface area contributed by atoms with Crippen molar-refractivity contribution < 1.29 is 9.50 Å². The molecule has 5 heteroatoms. The average Bonchev–Trinajstić information content (AvgIpc) is 3.06. The number of hydrogen-bond donors (Lipinski definition) is 2. The summed E-state index contributed by atoms with van der Waals surface area (Å²) in [5, 5.41) is 13.2. The highest BCUT2D eigenvalue weighted by Crippen LogP contribution is 2.50. The number of anilines is 1. The van der Waals surface area contributed by atoms with Gasteiger partial charge >= 0.3 is 0 Å². The zero-order chi connectivity index (χ0) is 12.5. The second-order valence-corrected chi connectivity index (χ2v) is 5.13. The Bertz CT molecular complexity index is 393. The lowest BCUT2D eigenvalue weighted by Crippen LogP contribution is -2.33. The zero-order valence-electron chi connectivity index (χ0n) is 10.2. The monoisotopic (exact) mass is 239 g/mol. The first-order valence-corrected chi connectivity index (χ1v) is 5.93. The zero-order valence-corrected chi connectivity index (χ0v) is 10.2. The molecule has 1 aromatic rings. The lowest BCUT2D eigenvalue weighted by Gasteiger charge is -2.25. The predicted octanol–water partition coefficient (Wildman–Crippen LogP) is 1.82. The molecule has 1 atom stereocenters. The fraction of sp³-hybridized carbons (Fsp3) is 0.667. The number of nitrogens with one attached hydrogen (secondary N) is 1. The second kappa shape index (κ2) is 4.56. The lowest BCUT2D eigenvalue weighted by molar-refractivity contribution is 0.0567. The molecule has 1 aliphatic rings. The minimum atomic E-state index is -0.545. The maximum Gasteiger partial charge on any atom is 0.217 e. The normalized spacial score (nSPS) is 19.1. The highest BCUT2D eigenvalue weighted by atomic mass is 19.1. The Hall–Kier alpha value is -1.23. The molecule has 1 fully saturated rings. The Morgan fingerprint density at radius 3 is 2.71 bits per heavy atom. The van der Waals surface area contributed by atoms with Gasteiger partial charge in [0.05, 0.1) is 6.10 Å². The summed E-state index contributed by atoms with van der Waals surface area (Å²) in [7, 11) is 0. The third kappa shape index (κ3) is 2.72. The van der Waals surface area contributed by atoms with Crippen LogP contribution in [0.5, 0.6) is 0 Å². The van der Waals surface area contributed by atoms with Gasteiger partial charge in [-0.1, -0.05) is 13.8 Å². The quantitative estimate of drug-likeness (QED) is 0.770. The average molecular weight is 239 g/mol. The number of aliphatic hydroxyl groups excluding tert-OH is 1. The van der Waals surface area contributed by atoms with Gasteiger partial charge < -0.3 is 10.4 Å². The number of aliphatic hydroxyl groups is 1. The van der Waals surface area contributed by atoms with Crippen LogP contribution in [-0.2, 0) is 0 Å². The van der Waals surface area contributed by atoms with E-state index in [9.17, 15) is 9.50 Å². The van der Waals surface area contributed by atoms with Crippen LogP contribution >= 0.6 is 0 Å². The van der Waals surface area contributed by atoms with Crippen molar-refractivity contribution in [2.45, 2.75) is 32.8 Å². The van der Waals surface area contributed by atoms with Crippen LogP contribution in [0.15, 0.2) is 12.4 Å². The van der Waals surface area contributed by atoms with Crippen molar-refractivity contribution in [2.75, 3.05) is 11.9 Å². The van der Waals surface area contributed by atoms with Crippen LogP contribution in [-0.4, -0.2) is 27.7 Å². The molecule has 1 aromatic heterocycles. The predicted molar refractivity (Wildman–Crippen MR) is 63.0 cm³/mol. The molecule has 1 aliphatic carbocycles. The van der Waals surface area contributed by atoms with Gasteiger partial charge in [0.15, 0.2) is 0 Å². The van der Waals surface area contributed by atoms with Gasteiger partial charge in [-0.2, -0.15) is 4.39 Å². The highest BCUT2D eigenvalue weighted by molar-refractivity contribution is 5.33. The maximum atomic E-state index is 12.8. The van der Waals surface area contributed by atoms with Crippen molar-refractivity contribution in [3.63, 3.8) is 0 Å². The van der Waals surface area contributed by atoms with E-state index in [1.165, 1.54) is 12.4 Å². The highest BCUT2D eigenvalue weighted by Gasteiger charge is 2.49. The molecule has 2 N–H and O–H groups in total. The Kier molecular flexibility index (Phi) is 3.28. The number of aromatic nitrogens is 2. The van der Waals surface area contributed by atoms with E-state index in [1.54, 1.807) is 0 Å². The van der Waals surface area contributed by atoms with Gasteiger partial charge in [0.2, 0.25) is 5.95 Å². The Morgan fingerprint density at radius 1 is 1.47 bits per heavy atom. The molecular formula is C12H18FN3O. The summed E-state index contributed by atoms with van der Waals surface area (Å²) in [6.45, 7) is 4.65. The third-order valence-corrected chi connectivity index (χ3v) is 3.41. The van der Waals surface area contributed by atoms with Gasteiger partial charge in [-0.3, -0.25) is 0 Å². The summed E-state index contributed by atoms with van der Waals surface area (Å²) >= 11 is 0. The standard InChI is InChI=1S/C12H18FN3O/c1-8(2)11(17)12(3-4-12)6-14-10-5-9(13)15-7-16-10/h5,7-8,11,17H,3-4,6H2,1-2H3,(H,14,15,16)/t11-/m1/s1. The van der Waals surface area contributed by atoms with Crippen molar-refractivity contribution in [1.82, 2.24) is 9.97 Å². The molecule has 0 bridgehead atoms. The van der Waals surface area contributed by atoms with E-state index in [-0.39, 0.29) is 17.4 Å². The molecule has 1 heterocycles. The van der Waals surface area contributed by atoms with Crippen molar-refractivity contribution in [3.8, 4) is 0 Å². The Morgan fingerprint density at radius 2 is 2.18 bits per heavy atom. The molecule has 0 aliphatic heterocycles. The smallest absolute Gasteiger partial charge is 0.217 e. The molecule has 0 spiro atoms. The van der Waals surface area contributed by atoms with Crippen LogP contribution in [0.1, 0.15) is 26.7 Å². The summed E-state index contributed by atoms with van der Waals surface area (Å²) in [5.74, 6) is 0.165. The van der Waals surface area contributed by atoms with Crippen molar-refractivity contribution in [2.24, 2.45) is 11.3 Å². The molecule has 94 valence electrons. The summed E-state index contributed by atoms with van der Waals surface area (Å²) < 4.78 is 12.8. The van der Waals surface area contributed by atoms with E-state index in [2.05, 4.69) is 15.3 Å². The van der Waals surface area contributed by atoms with Crippen molar-refractivity contribution in [3.05, 3.63) is 18.3 Å². The van der Waals surface area contributed by atoms with Gasteiger partial charge in [-0.05, 0) is 18.8 Å². The minimum Gasteiger partial charge on any atom is -0.392 e. The number of hydrogen-bond acceptors (Lipinski definition) is 4. The van der Waals surface area contributed by atoms with Gasteiger partial charge in [0.1, 0.15) is 12.1 Å². The molecule has 17 heavy (non-hydrogen) atoms. The van der Waals surface area contributed by atoms with Gasteiger partial charge in [0, 0.05) is 18.0 Å². The van der Waals surface area contributed by atoms with E-state index < -0.39 is 5.95 Å². The molecule has 0 radical (unpaired) electrons. The van der Waals surface area contributed by atoms with Crippen LogP contribution in [0.2, 0.25) is 0 Å². The van der Waals surface area contributed by atoms with Crippen LogP contribution in [0.3, 0.4) is 0 Å². The number of nitrogens with zero attached hydrogens (tertiary/aromatic N) is 2. The first-order chi connectivity index (χ1) is 8.03. The molecule has 4 nitrogen and oxygen atoms in total. The van der Waals surface area contributed by atoms with Crippen LogP contribution < -0.4 is 5.32 Å². The third-order valence-electron chi connectivity index (χ3n) is 3.41. The molecule has 1 saturated carbocycles. The Labute approximate surface area is 100 Å². The molecule has 2 rings (SSSR count). The largest absolute Gasteiger partial charge is 0.392 e. The first-order valence-electron chi connectivity index (χ1n) is 5.93. The van der Waals surface area contributed by atoms with Crippen LogP contribution in [0.4, 0.5) is 10.2 Å². The topological polar surface area (TPSA) is 58.0 Å². The molecule has 0 unspecified atom stereocenters. The van der Waals surface area contributed by atoms with Crippen LogP contribution in [0.25, 0.3) is 0 Å². The van der Waals surface area contributed by atoms with Gasteiger partial charge in [-0.25, -0.2) is 9.97 Å². The Balaban J connectivity index is 1.94.